The summed E-state index contributed by atoms with van der Waals surface area (Å²) in [6.45, 7) is 0.694. The number of aromatic nitrogens is 1. The molecule has 0 bridgehead atoms. The maximum Gasteiger partial charge on any atom is 0.270 e. The Hall–Kier alpha value is -2.46. The van der Waals surface area contributed by atoms with Gasteiger partial charge in [0, 0.05) is 43.7 Å². The molecule has 0 unspecified atom stereocenters. The molecule has 0 atom stereocenters. The Kier molecular flexibility index (Phi) is 4.27. The molecule has 0 saturated heterocycles. The van der Waals surface area contributed by atoms with E-state index < -0.39 is 4.92 Å². The van der Waals surface area contributed by atoms with E-state index in [1.54, 1.807) is 23.6 Å². The van der Waals surface area contributed by atoms with E-state index in [0.717, 1.165) is 11.4 Å². The number of nitro benzene ring substituents is 1. The van der Waals surface area contributed by atoms with E-state index in [4.69, 9.17) is 5.26 Å². The van der Waals surface area contributed by atoms with E-state index in [1.165, 1.54) is 12.1 Å². The molecule has 20 heavy (non-hydrogen) atoms. The van der Waals surface area contributed by atoms with Gasteiger partial charge in [0.05, 0.1) is 21.2 Å². The van der Waals surface area contributed by atoms with E-state index in [2.05, 4.69) is 4.98 Å². The zero-order valence-electron chi connectivity index (χ0n) is 10.8. The minimum atomic E-state index is -0.500. The maximum absolute atomic E-state index is 10.7. The minimum Gasteiger partial charge on any atom is -0.373 e. The van der Waals surface area contributed by atoms with Gasteiger partial charge in [-0.15, -0.1) is 11.3 Å². The highest BCUT2D eigenvalue weighted by Gasteiger charge is 2.13. The van der Waals surface area contributed by atoms with E-state index in [9.17, 15) is 10.1 Å². The van der Waals surface area contributed by atoms with Crippen molar-refractivity contribution >= 4 is 22.7 Å². The summed E-state index contributed by atoms with van der Waals surface area (Å²) in [5, 5.41) is 22.8. The van der Waals surface area contributed by atoms with Crippen molar-refractivity contribution < 1.29 is 4.92 Å². The van der Waals surface area contributed by atoms with Crippen molar-refractivity contribution in [3.63, 3.8) is 0 Å². The van der Waals surface area contributed by atoms with Crippen LogP contribution in [0.5, 0.6) is 0 Å². The first-order valence-corrected chi connectivity index (χ1v) is 6.78. The van der Waals surface area contributed by atoms with Gasteiger partial charge < -0.3 is 4.90 Å². The molecule has 0 saturated carbocycles. The van der Waals surface area contributed by atoms with Crippen LogP contribution in [0.25, 0.3) is 0 Å². The molecular formula is C13H12N4O2S. The van der Waals surface area contributed by atoms with Crippen LogP contribution in [0.2, 0.25) is 0 Å². The zero-order chi connectivity index (χ0) is 14.5. The minimum absolute atomic E-state index is 0.0707. The quantitative estimate of drug-likeness (QED) is 0.623. The van der Waals surface area contributed by atoms with Crippen molar-refractivity contribution in [2.24, 2.45) is 0 Å². The van der Waals surface area contributed by atoms with Crippen LogP contribution in [0, 0.1) is 21.4 Å². The summed E-state index contributed by atoms with van der Waals surface area (Å²) >= 11 is 1.58. The Morgan fingerprint density at radius 2 is 2.35 bits per heavy atom. The number of rotatable bonds is 5. The third-order valence-electron chi connectivity index (χ3n) is 2.87. The van der Waals surface area contributed by atoms with Gasteiger partial charge in [-0.1, -0.05) is 0 Å². The summed E-state index contributed by atoms with van der Waals surface area (Å²) in [7, 11) is 1.86. The summed E-state index contributed by atoms with van der Waals surface area (Å²) in [6, 6.07) is 6.33. The molecular weight excluding hydrogens is 276 g/mol. The predicted octanol–water partition coefficient (Wildman–Crippen LogP) is 2.60. The van der Waals surface area contributed by atoms with Gasteiger partial charge in [0.25, 0.3) is 5.69 Å². The largest absolute Gasteiger partial charge is 0.373 e. The first-order valence-electron chi connectivity index (χ1n) is 5.90. The fraction of sp³-hybridized carbons (Fsp3) is 0.231. The van der Waals surface area contributed by atoms with Gasteiger partial charge in [0.2, 0.25) is 0 Å². The molecule has 2 rings (SSSR count). The van der Waals surface area contributed by atoms with Crippen LogP contribution in [0.15, 0.2) is 29.8 Å². The van der Waals surface area contributed by atoms with Crippen molar-refractivity contribution in [3.8, 4) is 6.07 Å². The van der Waals surface area contributed by atoms with E-state index in [0.29, 0.717) is 17.8 Å². The van der Waals surface area contributed by atoms with Crippen LogP contribution in [0.3, 0.4) is 0 Å². The normalized spacial score (nSPS) is 10.0. The second kappa shape index (κ2) is 6.12. The molecule has 102 valence electrons. The second-order valence-corrected chi connectivity index (χ2v) is 5.15. The van der Waals surface area contributed by atoms with E-state index in [1.807, 2.05) is 23.4 Å². The van der Waals surface area contributed by atoms with Gasteiger partial charge in [-0.25, -0.2) is 4.98 Å². The van der Waals surface area contributed by atoms with Gasteiger partial charge in [-0.3, -0.25) is 10.1 Å². The van der Waals surface area contributed by atoms with Crippen molar-refractivity contribution in [3.05, 3.63) is 50.5 Å². The molecule has 0 aliphatic rings. The Labute approximate surface area is 120 Å². The maximum atomic E-state index is 10.7. The Balaban J connectivity index is 2.15. The molecule has 7 heteroatoms. The predicted molar refractivity (Wildman–Crippen MR) is 76.9 cm³/mol. The lowest BCUT2D eigenvalue weighted by Gasteiger charge is -2.19. The number of thiazole rings is 1. The van der Waals surface area contributed by atoms with Gasteiger partial charge in [-0.05, 0) is 6.07 Å². The van der Waals surface area contributed by atoms with Crippen LogP contribution in [0.4, 0.5) is 11.4 Å². The summed E-state index contributed by atoms with van der Waals surface area (Å²) < 4.78 is 0. The van der Waals surface area contributed by atoms with Crippen LogP contribution < -0.4 is 4.90 Å². The molecule has 0 aliphatic heterocycles. The Bertz CT molecular complexity index is 649. The van der Waals surface area contributed by atoms with Crippen molar-refractivity contribution in [1.29, 1.82) is 5.26 Å². The molecule has 1 heterocycles. The lowest BCUT2D eigenvalue weighted by Crippen LogP contribution is -2.21. The number of likely N-dealkylation sites (N-methyl/N-ethyl adjacent to an activating group) is 1. The van der Waals surface area contributed by atoms with Crippen LogP contribution in [-0.2, 0) is 6.42 Å². The number of non-ortho nitro benzene ring substituents is 1. The number of anilines is 1. The lowest BCUT2D eigenvalue weighted by atomic mass is 10.1. The van der Waals surface area contributed by atoms with Crippen molar-refractivity contribution in [2.45, 2.75) is 6.42 Å². The van der Waals surface area contributed by atoms with E-state index in [-0.39, 0.29) is 5.69 Å². The monoisotopic (exact) mass is 288 g/mol. The highest BCUT2D eigenvalue weighted by atomic mass is 32.1. The second-order valence-electron chi connectivity index (χ2n) is 4.17. The fourth-order valence-electron chi connectivity index (χ4n) is 1.82. The van der Waals surface area contributed by atoms with Gasteiger partial charge in [-0.2, -0.15) is 5.26 Å². The Morgan fingerprint density at radius 1 is 1.55 bits per heavy atom. The summed E-state index contributed by atoms with van der Waals surface area (Å²) in [5.41, 5.74) is 0.925. The van der Waals surface area contributed by atoms with E-state index >= 15 is 0 Å². The van der Waals surface area contributed by atoms with Gasteiger partial charge in [0.15, 0.2) is 0 Å². The number of hydrogen-bond acceptors (Lipinski definition) is 6. The Morgan fingerprint density at radius 3 is 2.95 bits per heavy atom. The molecule has 1 aromatic heterocycles. The van der Waals surface area contributed by atoms with Gasteiger partial charge in [0.1, 0.15) is 6.07 Å². The third-order valence-corrected chi connectivity index (χ3v) is 3.71. The molecule has 0 spiro atoms. The lowest BCUT2D eigenvalue weighted by molar-refractivity contribution is -0.384. The first kappa shape index (κ1) is 14.0. The average Bonchev–Trinajstić information content (AvgIpc) is 2.97. The average molecular weight is 288 g/mol. The molecule has 0 radical (unpaired) electrons. The topological polar surface area (TPSA) is 83.1 Å². The zero-order valence-corrected chi connectivity index (χ0v) is 11.6. The number of benzene rings is 1. The number of nitriles is 1. The molecule has 0 N–H and O–H groups in total. The van der Waals surface area contributed by atoms with Crippen LogP contribution in [-0.4, -0.2) is 23.5 Å². The van der Waals surface area contributed by atoms with Crippen molar-refractivity contribution in [2.75, 3.05) is 18.5 Å². The molecule has 6 nitrogen and oxygen atoms in total. The fourth-order valence-corrected chi connectivity index (χ4v) is 2.43. The summed E-state index contributed by atoms with van der Waals surface area (Å²) in [5.74, 6) is 0. The number of nitro groups is 1. The standard InChI is InChI=1S/C13H12N4O2S/c1-16(6-4-13-15-5-7-20-13)12-3-2-11(17(18)19)8-10(12)9-14/h2-3,5,7-8H,4,6H2,1H3. The summed E-state index contributed by atoms with van der Waals surface area (Å²) in [6.07, 6.45) is 2.53. The smallest absolute Gasteiger partial charge is 0.270 e. The molecule has 0 aliphatic carbocycles. The van der Waals surface area contributed by atoms with Crippen LogP contribution in [0.1, 0.15) is 10.6 Å². The molecule has 1 aromatic carbocycles. The number of hydrogen-bond donors (Lipinski definition) is 0. The number of nitrogens with zero attached hydrogens (tertiary/aromatic N) is 4. The van der Waals surface area contributed by atoms with Crippen LogP contribution >= 0.6 is 11.3 Å². The highest BCUT2D eigenvalue weighted by molar-refractivity contribution is 7.09. The SMILES string of the molecule is CN(CCc1nccs1)c1ccc([N+](=O)[O-])cc1C#N. The van der Waals surface area contributed by atoms with Gasteiger partial charge >= 0.3 is 0 Å². The summed E-state index contributed by atoms with van der Waals surface area (Å²) in [4.78, 5) is 16.3. The van der Waals surface area contributed by atoms with Crippen molar-refractivity contribution in [1.82, 2.24) is 4.98 Å². The highest BCUT2D eigenvalue weighted by Crippen LogP contribution is 2.24. The molecule has 0 amide bonds. The molecule has 0 fully saturated rings. The molecule has 2 aromatic rings. The first-order chi connectivity index (χ1) is 9.61. The third kappa shape index (κ3) is 3.10.